The van der Waals surface area contributed by atoms with Crippen LogP contribution >= 0.6 is 11.3 Å². The van der Waals surface area contributed by atoms with Gasteiger partial charge in [-0.2, -0.15) is 0 Å². The second-order valence-corrected chi connectivity index (χ2v) is 7.48. The van der Waals surface area contributed by atoms with Gasteiger partial charge in [0, 0.05) is 24.3 Å². The van der Waals surface area contributed by atoms with E-state index in [0.29, 0.717) is 17.1 Å². The first-order chi connectivity index (χ1) is 12.6. The zero-order chi connectivity index (χ0) is 18.1. The van der Waals surface area contributed by atoms with Crippen molar-refractivity contribution in [1.29, 1.82) is 0 Å². The summed E-state index contributed by atoms with van der Waals surface area (Å²) in [6, 6.07) is 13.4. The lowest BCUT2D eigenvalue weighted by molar-refractivity contribution is -0.119. The minimum absolute atomic E-state index is 0.172. The van der Waals surface area contributed by atoms with Crippen LogP contribution in [0, 0.1) is 6.92 Å². The molecule has 2 heterocycles. The number of aromatic nitrogens is 1. The first-order valence-electron chi connectivity index (χ1n) is 8.70. The number of benzene rings is 2. The Labute approximate surface area is 155 Å². The predicted octanol–water partition coefficient (Wildman–Crippen LogP) is 4.37. The molecule has 1 aliphatic heterocycles. The second-order valence-electron chi connectivity index (χ2n) is 6.44. The van der Waals surface area contributed by atoms with Gasteiger partial charge >= 0.3 is 0 Å². The fourth-order valence-electron chi connectivity index (χ4n) is 3.25. The zero-order valence-electron chi connectivity index (χ0n) is 14.5. The smallest absolute Gasteiger partial charge is 0.284 e. The van der Waals surface area contributed by atoms with Crippen LogP contribution in [0.4, 0.5) is 11.4 Å². The molecule has 1 fully saturated rings. The van der Waals surface area contributed by atoms with Crippen LogP contribution < -0.4 is 10.2 Å². The third-order valence-corrected chi connectivity index (χ3v) is 5.59. The van der Waals surface area contributed by atoms with Gasteiger partial charge in [-0.25, -0.2) is 4.98 Å². The number of rotatable bonds is 3. The summed E-state index contributed by atoms with van der Waals surface area (Å²) < 4.78 is 0.993. The highest BCUT2D eigenvalue weighted by atomic mass is 32.1. The van der Waals surface area contributed by atoms with Gasteiger partial charge in [0.1, 0.15) is 0 Å². The van der Waals surface area contributed by atoms with E-state index in [1.807, 2.05) is 54.3 Å². The molecule has 0 unspecified atom stereocenters. The Kier molecular flexibility index (Phi) is 4.42. The number of para-hydroxylation sites is 1. The molecule has 26 heavy (non-hydrogen) atoms. The Balaban J connectivity index is 1.53. The van der Waals surface area contributed by atoms with Crippen LogP contribution in [0.5, 0.6) is 0 Å². The molecule has 4 rings (SSSR count). The molecule has 2 amide bonds. The van der Waals surface area contributed by atoms with Crippen molar-refractivity contribution in [2.24, 2.45) is 0 Å². The van der Waals surface area contributed by atoms with Crippen molar-refractivity contribution in [3.63, 3.8) is 0 Å². The predicted molar refractivity (Wildman–Crippen MR) is 105 cm³/mol. The maximum atomic E-state index is 12.5. The number of amides is 2. The molecular weight excluding hydrogens is 346 g/mol. The van der Waals surface area contributed by atoms with Gasteiger partial charge in [0.05, 0.1) is 10.2 Å². The molecule has 5 nitrogen and oxygen atoms in total. The maximum absolute atomic E-state index is 12.5. The summed E-state index contributed by atoms with van der Waals surface area (Å²) in [6.45, 7) is 2.72. The number of carbonyl (C=O) groups excluding carboxylic acids is 2. The molecule has 1 aromatic heterocycles. The standard InChI is InChI=1S/C20H19N3O2S/c1-13-12-14(9-10-16(13)23-11-5-4-8-18(23)24)21-19(25)20-22-15-6-2-3-7-17(15)26-20/h2-3,6-7,9-10,12H,4-5,8,11H2,1H3,(H,21,25). The molecule has 0 spiro atoms. The number of thiazole rings is 1. The van der Waals surface area contributed by atoms with Gasteiger partial charge in [-0.05, 0) is 55.7 Å². The molecule has 1 aliphatic rings. The van der Waals surface area contributed by atoms with E-state index in [1.54, 1.807) is 0 Å². The van der Waals surface area contributed by atoms with Crippen LogP contribution in [0.25, 0.3) is 10.2 Å². The molecule has 0 saturated carbocycles. The fourth-order valence-corrected chi connectivity index (χ4v) is 4.11. The van der Waals surface area contributed by atoms with E-state index in [1.165, 1.54) is 11.3 Å². The average molecular weight is 365 g/mol. The number of hydrogen-bond acceptors (Lipinski definition) is 4. The highest BCUT2D eigenvalue weighted by molar-refractivity contribution is 7.20. The number of piperidine rings is 1. The molecule has 1 saturated heterocycles. The van der Waals surface area contributed by atoms with Crippen LogP contribution in [0.1, 0.15) is 34.6 Å². The van der Waals surface area contributed by atoms with Crippen LogP contribution in [0.2, 0.25) is 0 Å². The zero-order valence-corrected chi connectivity index (χ0v) is 15.3. The van der Waals surface area contributed by atoms with Crippen molar-refractivity contribution in [1.82, 2.24) is 4.98 Å². The molecule has 0 radical (unpaired) electrons. The van der Waals surface area contributed by atoms with Gasteiger partial charge in [0.2, 0.25) is 5.91 Å². The summed E-state index contributed by atoms with van der Waals surface area (Å²) in [5.74, 6) is -0.0435. The highest BCUT2D eigenvalue weighted by Crippen LogP contribution is 2.28. The summed E-state index contributed by atoms with van der Waals surface area (Å²) in [6.07, 6.45) is 2.60. The molecule has 1 N–H and O–H groups in total. The van der Waals surface area contributed by atoms with Crippen molar-refractivity contribution in [2.75, 3.05) is 16.8 Å². The van der Waals surface area contributed by atoms with E-state index in [2.05, 4.69) is 10.3 Å². The molecule has 6 heteroatoms. The third-order valence-electron chi connectivity index (χ3n) is 4.56. The number of anilines is 2. The maximum Gasteiger partial charge on any atom is 0.284 e. The Morgan fingerprint density at radius 1 is 1.19 bits per heavy atom. The summed E-state index contributed by atoms with van der Waals surface area (Å²) in [7, 11) is 0. The van der Waals surface area contributed by atoms with E-state index in [0.717, 1.165) is 40.9 Å². The highest BCUT2D eigenvalue weighted by Gasteiger charge is 2.21. The lowest BCUT2D eigenvalue weighted by atomic mass is 10.1. The van der Waals surface area contributed by atoms with E-state index in [4.69, 9.17) is 0 Å². The summed E-state index contributed by atoms with van der Waals surface area (Å²) >= 11 is 1.38. The lowest BCUT2D eigenvalue weighted by Gasteiger charge is -2.28. The molecule has 0 atom stereocenters. The Hall–Kier alpha value is -2.73. The molecule has 132 valence electrons. The van der Waals surface area contributed by atoms with Gasteiger partial charge < -0.3 is 10.2 Å². The van der Waals surface area contributed by atoms with Gasteiger partial charge in [-0.3, -0.25) is 9.59 Å². The first kappa shape index (κ1) is 16.7. The Morgan fingerprint density at radius 2 is 2.04 bits per heavy atom. The second kappa shape index (κ2) is 6.88. The topological polar surface area (TPSA) is 62.3 Å². The van der Waals surface area contributed by atoms with Gasteiger partial charge in [0.25, 0.3) is 5.91 Å². The van der Waals surface area contributed by atoms with Crippen LogP contribution in [-0.2, 0) is 4.79 Å². The van der Waals surface area contributed by atoms with E-state index in [-0.39, 0.29) is 11.8 Å². The van der Waals surface area contributed by atoms with Crippen LogP contribution in [0.3, 0.4) is 0 Å². The summed E-state index contributed by atoms with van der Waals surface area (Å²) in [5, 5.41) is 3.35. The lowest BCUT2D eigenvalue weighted by Crippen LogP contribution is -2.35. The molecule has 3 aromatic rings. The van der Waals surface area contributed by atoms with E-state index in [9.17, 15) is 9.59 Å². The van der Waals surface area contributed by atoms with E-state index >= 15 is 0 Å². The van der Waals surface area contributed by atoms with Crippen molar-refractivity contribution >= 4 is 44.7 Å². The molecule has 2 aromatic carbocycles. The first-order valence-corrected chi connectivity index (χ1v) is 9.51. The SMILES string of the molecule is Cc1cc(NC(=O)c2nc3ccccc3s2)ccc1N1CCCCC1=O. The Morgan fingerprint density at radius 3 is 2.81 bits per heavy atom. The minimum atomic E-state index is -0.215. The molecule has 0 aliphatic carbocycles. The number of aryl methyl sites for hydroxylation is 1. The van der Waals surface area contributed by atoms with E-state index < -0.39 is 0 Å². The van der Waals surface area contributed by atoms with Crippen LogP contribution in [0.15, 0.2) is 42.5 Å². The average Bonchev–Trinajstić information content (AvgIpc) is 3.07. The fraction of sp³-hybridized carbons (Fsp3) is 0.250. The van der Waals surface area contributed by atoms with Gasteiger partial charge in [-0.15, -0.1) is 11.3 Å². The molecule has 0 bridgehead atoms. The summed E-state index contributed by atoms with van der Waals surface area (Å²) in [4.78, 5) is 30.9. The summed E-state index contributed by atoms with van der Waals surface area (Å²) in [5.41, 5.74) is 3.44. The third kappa shape index (κ3) is 3.20. The van der Waals surface area contributed by atoms with Crippen molar-refractivity contribution in [3.05, 3.63) is 53.0 Å². The Bertz CT molecular complexity index is 963. The largest absolute Gasteiger partial charge is 0.320 e. The number of fused-ring (bicyclic) bond motifs is 1. The number of nitrogens with zero attached hydrogens (tertiary/aromatic N) is 2. The molecular formula is C20H19N3O2S. The van der Waals surface area contributed by atoms with Crippen molar-refractivity contribution in [3.8, 4) is 0 Å². The minimum Gasteiger partial charge on any atom is -0.320 e. The van der Waals surface area contributed by atoms with Crippen molar-refractivity contribution in [2.45, 2.75) is 26.2 Å². The van der Waals surface area contributed by atoms with Crippen molar-refractivity contribution < 1.29 is 9.59 Å². The van der Waals surface area contributed by atoms with Crippen LogP contribution in [-0.4, -0.2) is 23.3 Å². The number of nitrogens with one attached hydrogen (secondary N) is 1. The number of carbonyl (C=O) groups is 2. The normalized spacial score (nSPS) is 14.7. The number of hydrogen-bond donors (Lipinski definition) is 1. The quantitative estimate of drug-likeness (QED) is 0.749. The van der Waals surface area contributed by atoms with Gasteiger partial charge in [0.15, 0.2) is 5.01 Å². The monoisotopic (exact) mass is 365 g/mol. The van der Waals surface area contributed by atoms with Gasteiger partial charge in [-0.1, -0.05) is 12.1 Å².